The Labute approximate surface area is 396 Å². The summed E-state index contributed by atoms with van der Waals surface area (Å²) in [5.74, 6) is 2.31. The van der Waals surface area contributed by atoms with Crippen LogP contribution in [0.25, 0.3) is 21.8 Å². The minimum Gasteiger partial charge on any atom is -1.00 e. The number of fused-ring (bicyclic) bond motifs is 4. The fourth-order valence-corrected chi connectivity index (χ4v) is 12.2. The van der Waals surface area contributed by atoms with E-state index in [9.17, 15) is 21.6 Å². The molecule has 0 spiro atoms. The number of aryl methyl sites for hydroxylation is 2. The van der Waals surface area contributed by atoms with Crippen LogP contribution in [0.15, 0.2) is 109 Å². The van der Waals surface area contributed by atoms with Gasteiger partial charge in [-0.3, -0.25) is 14.2 Å². The fraction of sp³-hybridized carbons (Fsp3) is 0.396. The molecule has 4 aromatic carbocycles. The van der Waals surface area contributed by atoms with E-state index in [4.69, 9.17) is 0 Å². The monoisotopic (exact) mass is 898 g/mol. The average molecular weight is 899 g/mol. The van der Waals surface area contributed by atoms with Crippen molar-refractivity contribution in [2.45, 2.75) is 37.5 Å². The molecule has 10 rings (SSSR count). The van der Waals surface area contributed by atoms with Gasteiger partial charge in [0.1, 0.15) is 0 Å². The van der Waals surface area contributed by atoms with Crippen LogP contribution in [0.4, 0.5) is 11.4 Å². The second-order valence-electron chi connectivity index (χ2n) is 18.5. The Morgan fingerprint density at radius 1 is 0.651 bits per heavy atom. The Morgan fingerprint density at radius 2 is 1.08 bits per heavy atom. The standard InChI is InChI=1S/C24H27N3O3S.C24H29N3O2S.Al.Li.4H/c1-24(17-7-6-8-18(12-17)25-31(3,29)30)20-14-27(15-21(20)24)23(28)11-16-13-26(2)22-10-5-4-9-19(16)22;1-24(18-7-6-8-19(13-18)25-30(3,28)29)21-15-27(16-22(21)24)12-11-17-14-26(2)23-10-5-4-9-20(17)23;;;;;;/h4-10,12-13,20-21,25H,11,14-15H2,1-3H3;4-10,13-14,21-22,25H,11-12,15-16H2,1-3H3;;;;;;/q;;;+1;;;;-1. The Balaban J connectivity index is 0.000000203. The zero-order valence-corrected chi connectivity index (χ0v) is 38.4. The average Bonchev–Trinajstić information content (AvgIpc) is 3.62. The summed E-state index contributed by atoms with van der Waals surface area (Å²) in [6.07, 6.45) is 8.18. The number of carbonyl (C=O) groups is 1. The van der Waals surface area contributed by atoms with Crippen LogP contribution in [0.5, 0.6) is 0 Å². The zero-order valence-electron chi connectivity index (χ0n) is 37.8. The first-order chi connectivity index (χ1) is 28.9. The molecule has 4 unspecified atom stereocenters. The number of rotatable bonds is 11. The van der Waals surface area contributed by atoms with E-state index in [1.807, 2.05) is 54.4 Å². The molecule has 4 fully saturated rings. The summed E-state index contributed by atoms with van der Waals surface area (Å²) < 4.78 is 55.7. The van der Waals surface area contributed by atoms with E-state index >= 15 is 0 Å². The number of benzene rings is 4. The normalized spacial score (nSPS) is 24.7. The number of sulfonamides is 2. The largest absolute Gasteiger partial charge is 1.00 e. The van der Waals surface area contributed by atoms with Gasteiger partial charge in [0, 0.05) is 103 Å². The molecule has 6 aromatic rings. The maximum atomic E-state index is 13.0. The molecule has 4 atom stereocenters. The third kappa shape index (κ3) is 9.16. The van der Waals surface area contributed by atoms with Crippen molar-refractivity contribution in [2.75, 3.05) is 54.7 Å². The summed E-state index contributed by atoms with van der Waals surface area (Å²) >= 11 is 0. The molecule has 2 aliphatic heterocycles. The molecule has 0 bridgehead atoms. The van der Waals surface area contributed by atoms with Crippen molar-refractivity contribution in [1.29, 1.82) is 0 Å². The molecule has 11 nitrogen and oxygen atoms in total. The molecule has 2 saturated heterocycles. The maximum Gasteiger partial charge on any atom is 1.00 e. The molecular formula is C48H60AlLiN6O5S2. The number of para-hydroxylation sites is 2. The number of nitrogens with one attached hydrogen (secondary N) is 2. The van der Waals surface area contributed by atoms with Gasteiger partial charge >= 0.3 is 18.9 Å². The quantitative estimate of drug-likeness (QED) is 0.193. The Bertz CT molecular complexity index is 2900. The number of anilines is 2. The molecule has 63 heavy (non-hydrogen) atoms. The number of piperidine rings is 2. The summed E-state index contributed by atoms with van der Waals surface area (Å²) in [6, 6.07) is 32.4. The Kier molecular flexibility index (Phi) is 13.0. The zero-order chi connectivity index (χ0) is 43.1. The third-order valence-electron chi connectivity index (χ3n) is 14.5. The van der Waals surface area contributed by atoms with Crippen molar-refractivity contribution in [3.05, 3.63) is 132 Å². The number of aromatic nitrogens is 2. The van der Waals surface area contributed by atoms with E-state index in [1.54, 1.807) is 6.07 Å². The smallest absolute Gasteiger partial charge is 1.00 e. The van der Waals surface area contributed by atoms with Crippen molar-refractivity contribution in [3.8, 4) is 0 Å². The fourth-order valence-electron chi connectivity index (χ4n) is 11.1. The van der Waals surface area contributed by atoms with Crippen molar-refractivity contribution in [2.24, 2.45) is 37.8 Å². The second-order valence-corrected chi connectivity index (χ2v) is 21.9. The third-order valence-corrected chi connectivity index (χ3v) is 15.7. The topological polar surface area (TPSA) is 126 Å². The minimum absolute atomic E-state index is 0. The molecule has 2 aromatic heterocycles. The van der Waals surface area contributed by atoms with E-state index in [2.05, 4.69) is 105 Å². The van der Waals surface area contributed by atoms with Crippen molar-refractivity contribution >= 4 is 76.5 Å². The van der Waals surface area contributed by atoms with Gasteiger partial charge in [-0.2, -0.15) is 0 Å². The van der Waals surface area contributed by atoms with Gasteiger partial charge in [0.2, 0.25) is 26.0 Å². The molecule has 2 aliphatic carbocycles. The SMILES string of the molecule is Cn1cc(CC(=O)N2CC3C(C2)C3(C)c2cccc(NS(C)(=O)=O)c2)c2ccccc21.Cn1cc(CCN2CC3C(C2)C3(C)c2cccc(NS(C)(=O)=O)c2)c2ccccc21.[AlH3].[H-].[Li+]. The van der Waals surface area contributed by atoms with Crippen LogP contribution < -0.4 is 28.3 Å². The van der Waals surface area contributed by atoms with E-state index in [1.165, 1.54) is 28.3 Å². The number of carbonyl (C=O) groups excluding carboxylic acids is 1. The van der Waals surface area contributed by atoms with Crippen LogP contribution in [-0.2, 0) is 62.6 Å². The van der Waals surface area contributed by atoms with Crippen molar-refractivity contribution < 1.29 is 41.9 Å². The van der Waals surface area contributed by atoms with Gasteiger partial charge in [-0.15, -0.1) is 0 Å². The van der Waals surface area contributed by atoms with Gasteiger partial charge in [0.05, 0.1) is 18.9 Å². The summed E-state index contributed by atoms with van der Waals surface area (Å²) in [5, 5.41) is 2.51. The van der Waals surface area contributed by atoms with E-state index < -0.39 is 20.0 Å². The predicted molar refractivity (Wildman–Crippen MR) is 256 cm³/mol. The van der Waals surface area contributed by atoms with Crippen LogP contribution in [0.2, 0.25) is 0 Å². The number of hydrogen-bond donors (Lipinski definition) is 2. The molecule has 4 aliphatic rings. The molecular weight excluding hydrogens is 839 g/mol. The predicted octanol–water partition coefficient (Wildman–Crippen LogP) is 2.68. The van der Waals surface area contributed by atoms with Gasteiger partial charge < -0.3 is 20.4 Å². The Morgan fingerprint density at radius 3 is 1.56 bits per heavy atom. The first-order valence-corrected chi connectivity index (χ1v) is 24.9. The van der Waals surface area contributed by atoms with Crippen LogP contribution >= 0.6 is 0 Å². The molecule has 328 valence electrons. The van der Waals surface area contributed by atoms with Crippen LogP contribution in [0, 0.1) is 23.7 Å². The first-order valence-electron chi connectivity index (χ1n) is 21.1. The second kappa shape index (κ2) is 17.4. The summed E-state index contributed by atoms with van der Waals surface area (Å²) in [5.41, 5.74) is 8.73. The molecule has 15 heteroatoms. The van der Waals surface area contributed by atoms with Crippen LogP contribution in [0.3, 0.4) is 0 Å². The van der Waals surface area contributed by atoms with Crippen molar-refractivity contribution in [3.63, 3.8) is 0 Å². The van der Waals surface area contributed by atoms with Crippen molar-refractivity contribution in [1.82, 2.24) is 18.9 Å². The molecule has 2 saturated carbocycles. The molecule has 0 radical (unpaired) electrons. The van der Waals surface area contributed by atoms with Gasteiger partial charge in [-0.1, -0.05) is 74.5 Å². The van der Waals surface area contributed by atoms with Gasteiger partial charge in [0.25, 0.3) is 0 Å². The van der Waals surface area contributed by atoms with E-state index in [0.717, 1.165) is 67.4 Å². The number of likely N-dealkylation sites (tertiary alicyclic amines) is 2. The number of amides is 1. The van der Waals surface area contributed by atoms with Gasteiger partial charge in [-0.05, 0) is 88.7 Å². The summed E-state index contributed by atoms with van der Waals surface area (Å²) in [7, 11) is -2.43. The minimum atomic E-state index is -3.31. The summed E-state index contributed by atoms with van der Waals surface area (Å²) in [4.78, 5) is 17.6. The van der Waals surface area contributed by atoms with Gasteiger partial charge in [0.15, 0.2) is 17.4 Å². The molecule has 2 N–H and O–H groups in total. The number of nitrogens with zero attached hydrogens (tertiary/aromatic N) is 4. The van der Waals surface area contributed by atoms with Crippen LogP contribution in [0.1, 0.15) is 37.5 Å². The molecule has 1 amide bonds. The maximum absolute atomic E-state index is 13.0. The first kappa shape index (κ1) is 47.0. The van der Waals surface area contributed by atoms with Gasteiger partial charge in [-0.25, -0.2) is 16.8 Å². The van der Waals surface area contributed by atoms with E-state index in [0.29, 0.717) is 41.5 Å². The molecule has 4 heterocycles. The Hall–Kier alpha value is -3.98. The van der Waals surface area contributed by atoms with E-state index in [-0.39, 0.29) is 54.4 Å². The van der Waals surface area contributed by atoms with Crippen LogP contribution in [-0.4, -0.2) is 104 Å². The summed E-state index contributed by atoms with van der Waals surface area (Å²) in [6.45, 7) is 9.42. The number of hydrogen-bond acceptors (Lipinski definition) is 6.